The van der Waals surface area contributed by atoms with Crippen LogP contribution in [0.15, 0.2) is 24.3 Å². The molecule has 7 heteroatoms. The third kappa shape index (κ3) is 4.86. The van der Waals surface area contributed by atoms with E-state index in [1.165, 1.54) is 0 Å². The maximum atomic E-state index is 12.5. The van der Waals surface area contributed by atoms with Gasteiger partial charge in [0.25, 0.3) is 0 Å². The van der Waals surface area contributed by atoms with E-state index in [0.29, 0.717) is 18.9 Å². The Morgan fingerprint density at radius 2 is 1.96 bits per heavy atom. The molecule has 7 nitrogen and oxygen atoms in total. The van der Waals surface area contributed by atoms with Gasteiger partial charge >= 0.3 is 0 Å². The van der Waals surface area contributed by atoms with Crippen molar-refractivity contribution in [2.75, 3.05) is 38.0 Å². The minimum absolute atomic E-state index is 0.0878. The first-order chi connectivity index (χ1) is 12.9. The van der Waals surface area contributed by atoms with Gasteiger partial charge in [0, 0.05) is 44.3 Å². The van der Waals surface area contributed by atoms with Crippen LogP contribution >= 0.6 is 0 Å². The number of rotatable bonds is 5. The molecule has 3 rings (SSSR count). The smallest absolute Gasteiger partial charge is 0.241 e. The summed E-state index contributed by atoms with van der Waals surface area (Å²) < 4.78 is 0. The van der Waals surface area contributed by atoms with Gasteiger partial charge in [0.1, 0.15) is 0 Å². The van der Waals surface area contributed by atoms with Crippen LogP contribution in [0.2, 0.25) is 0 Å². The third-order valence-corrected chi connectivity index (χ3v) is 5.37. The summed E-state index contributed by atoms with van der Waals surface area (Å²) in [5, 5.41) is 5.56. The van der Waals surface area contributed by atoms with Gasteiger partial charge in [0.05, 0.1) is 12.5 Å². The van der Waals surface area contributed by atoms with Gasteiger partial charge in [0.2, 0.25) is 17.7 Å². The lowest BCUT2D eigenvalue weighted by molar-refractivity contribution is -0.134. The second-order valence-corrected chi connectivity index (χ2v) is 7.49. The number of piperazine rings is 1. The lowest BCUT2D eigenvalue weighted by atomic mass is 9.90. The van der Waals surface area contributed by atoms with Crippen LogP contribution in [0.1, 0.15) is 38.2 Å². The largest absolute Gasteiger partial charge is 0.376 e. The highest BCUT2D eigenvalue weighted by Crippen LogP contribution is 2.26. The van der Waals surface area contributed by atoms with Gasteiger partial charge in [-0.3, -0.25) is 24.6 Å². The molecular weight excluding hydrogens is 344 g/mol. The van der Waals surface area contributed by atoms with Crippen LogP contribution in [0.4, 0.5) is 5.69 Å². The second-order valence-electron chi connectivity index (χ2n) is 7.49. The Morgan fingerprint density at radius 3 is 2.63 bits per heavy atom. The average molecular weight is 372 g/mol. The Kier molecular flexibility index (Phi) is 6.11. The zero-order valence-electron chi connectivity index (χ0n) is 16.0. The van der Waals surface area contributed by atoms with E-state index in [1.54, 1.807) is 0 Å². The SMILES string of the molecule is CC(C)N1CCN(C(=O)CNc2cccc(C3CCC(=O)NC3=O)c2)CC1. The number of amides is 3. The molecule has 1 unspecified atom stereocenters. The summed E-state index contributed by atoms with van der Waals surface area (Å²) in [4.78, 5) is 40.1. The molecule has 2 aliphatic rings. The summed E-state index contributed by atoms with van der Waals surface area (Å²) in [5.74, 6) is -0.690. The number of hydrogen-bond acceptors (Lipinski definition) is 5. The number of nitrogens with one attached hydrogen (secondary N) is 2. The molecule has 2 heterocycles. The van der Waals surface area contributed by atoms with E-state index in [9.17, 15) is 14.4 Å². The van der Waals surface area contributed by atoms with Crippen molar-refractivity contribution >= 4 is 23.4 Å². The monoisotopic (exact) mass is 372 g/mol. The Balaban J connectivity index is 1.53. The van der Waals surface area contributed by atoms with Crippen molar-refractivity contribution in [3.63, 3.8) is 0 Å². The van der Waals surface area contributed by atoms with E-state index >= 15 is 0 Å². The maximum absolute atomic E-state index is 12.5. The summed E-state index contributed by atoms with van der Waals surface area (Å²) in [6.07, 6.45) is 0.877. The summed E-state index contributed by atoms with van der Waals surface area (Å²) >= 11 is 0. The van der Waals surface area contributed by atoms with Crippen LogP contribution in [0, 0.1) is 0 Å². The Bertz CT molecular complexity index is 711. The average Bonchev–Trinajstić information content (AvgIpc) is 2.66. The molecule has 1 aromatic carbocycles. The molecular formula is C20H28N4O3. The number of nitrogens with zero attached hydrogens (tertiary/aromatic N) is 2. The fraction of sp³-hybridized carbons (Fsp3) is 0.550. The molecule has 2 N–H and O–H groups in total. The lowest BCUT2D eigenvalue weighted by Crippen LogP contribution is -2.51. The number of benzene rings is 1. The normalized spacial score (nSPS) is 21.3. The zero-order valence-corrected chi connectivity index (χ0v) is 16.0. The molecule has 2 fully saturated rings. The van der Waals surface area contributed by atoms with Crippen molar-refractivity contribution in [2.24, 2.45) is 0 Å². The first-order valence-electron chi connectivity index (χ1n) is 9.63. The van der Waals surface area contributed by atoms with Crippen LogP contribution in [0.25, 0.3) is 0 Å². The van der Waals surface area contributed by atoms with E-state index in [0.717, 1.165) is 37.4 Å². The number of imide groups is 1. The zero-order chi connectivity index (χ0) is 19.4. The van der Waals surface area contributed by atoms with Crippen molar-refractivity contribution in [1.29, 1.82) is 0 Å². The lowest BCUT2D eigenvalue weighted by Gasteiger charge is -2.37. The minimum Gasteiger partial charge on any atom is -0.376 e. The van der Waals surface area contributed by atoms with Crippen LogP contribution < -0.4 is 10.6 Å². The van der Waals surface area contributed by atoms with Crippen LogP contribution in [-0.2, 0) is 14.4 Å². The highest BCUT2D eigenvalue weighted by atomic mass is 16.2. The fourth-order valence-electron chi connectivity index (χ4n) is 3.65. The molecule has 0 aromatic heterocycles. The number of piperidine rings is 1. The first kappa shape index (κ1) is 19.4. The van der Waals surface area contributed by atoms with Crippen LogP contribution in [0.3, 0.4) is 0 Å². The molecule has 0 radical (unpaired) electrons. The predicted octanol–water partition coefficient (Wildman–Crippen LogP) is 1.17. The fourth-order valence-corrected chi connectivity index (χ4v) is 3.65. The molecule has 0 bridgehead atoms. The molecule has 0 spiro atoms. The Morgan fingerprint density at radius 1 is 1.22 bits per heavy atom. The molecule has 1 atom stereocenters. The molecule has 2 saturated heterocycles. The maximum Gasteiger partial charge on any atom is 0.241 e. The standard InChI is InChI=1S/C20H28N4O3/c1-14(2)23-8-10-24(11-9-23)19(26)13-21-16-5-3-4-15(12-16)17-6-7-18(25)22-20(17)27/h3-5,12,14,17,21H,6-11,13H2,1-2H3,(H,22,25,27). The summed E-state index contributed by atoms with van der Waals surface area (Å²) in [5.41, 5.74) is 1.68. The Labute approximate surface area is 160 Å². The van der Waals surface area contributed by atoms with Crippen molar-refractivity contribution < 1.29 is 14.4 Å². The highest BCUT2D eigenvalue weighted by Gasteiger charge is 2.28. The minimum atomic E-state index is -0.315. The number of carbonyl (C=O) groups is 3. The topological polar surface area (TPSA) is 81.8 Å². The second kappa shape index (κ2) is 8.52. The van der Waals surface area contributed by atoms with Gasteiger partial charge in [-0.1, -0.05) is 12.1 Å². The predicted molar refractivity (Wildman–Crippen MR) is 103 cm³/mol. The van der Waals surface area contributed by atoms with Gasteiger partial charge in [0.15, 0.2) is 0 Å². The van der Waals surface area contributed by atoms with Gasteiger partial charge in [-0.05, 0) is 38.0 Å². The number of carbonyl (C=O) groups excluding carboxylic acids is 3. The van der Waals surface area contributed by atoms with Crippen molar-refractivity contribution in [1.82, 2.24) is 15.1 Å². The third-order valence-electron chi connectivity index (χ3n) is 5.37. The molecule has 146 valence electrons. The van der Waals surface area contributed by atoms with E-state index in [2.05, 4.69) is 29.4 Å². The van der Waals surface area contributed by atoms with Gasteiger partial charge in [-0.15, -0.1) is 0 Å². The first-order valence-corrected chi connectivity index (χ1v) is 9.63. The highest BCUT2D eigenvalue weighted by molar-refractivity contribution is 6.01. The summed E-state index contributed by atoms with van der Waals surface area (Å²) in [6, 6.07) is 8.05. The van der Waals surface area contributed by atoms with Crippen LogP contribution in [0.5, 0.6) is 0 Å². The van der Waals surface area contributed by atoms with E-state index in [1.807, 2.05) is 29.2 Å². The van der Waals surface area contributed by atoms with Gasteiger partial charge < -0.3 is 10.2 Å². The molecule has 1 aromatic rings. The Hall–Kier alpha value is -2.41. The van der Waals surface area contributed by atoms with E-state index in [4.69, 9.17) is 0 Å². The number of anilines is 1. The van der Waals surface area contributed by atoms with Crippen molar-refractivity contribution in [3.05, 3.63) is 29.8 Å². The van der Waals surface area contributed by atoms with E-state index in [-0.39, 0.29) is 30.2 Å². The molecule has 2 aliphatic heterocycles. The van der Waals surface area contributed by atoms with Gasteiger partial charge in [-0.25, -0.2) is 0 Å². The molecule has 0 saturated carbocycles. The van der Waals surface area contributed by atoms with Crippen molar-refractivity contribution in [2.45, 2.75) is 38.6 Å². The van der Waals surface area contributed by atoms with E-state index < -0.39 is 0 Å². The molecule has 27 heavy (non-hydrogen) atoms. The van der Waals surface area contributed by atoms with Crippen molar-refractivity contribution in [3.8, 4) is 0 Å². The van der Waals surface area contributed by atoms with Gasteiger partial charge in [-0.2, -0.15) is 0 Å². The number of hydrogen-bond donors (Lipinski definition) is 2. The summed E-state index contributed by atoms with van der Waals surface area (Å²) in [7, 11) is 0. The molecule has 0 aliphatic carbocycles. The molecule has 3 amide bonds. The quantitative estimate of drug-likeness (QED) is 0.759. The summed E-state index contributed by atoms with van der Waals surface area (Å²) in [6.45, 7) is 7.93. The van der Waals surface area contributed by atoms with Crippen LogP contribution in [-0.4, -0.2) is 66.3 Å².